The molecule has 2 aliphatic heterocycles. The number of hydrogen-bond donors (Lipinski definition) is 1. The zero-order valence-electron chi connectivity index (χ0n) is 11.5. The summed E-state index contributed by atoms with van der Waals surface area (Å²) in [4.78, 5) is 2.36. The second kappa shape index (κ2) is 5.16. The molecule has 102 valence electrons. The molecule has 0 bridgehead atoms. The summed E-state index contributed by atoms with van der Waals surface area (Å²) in [6, 6.07) is 2.89. The van der Waals surface area contributed by atoms with E-state index in [2.05, 4.69) is 24.8 Å². The molecule has 4 heteroatoms. The van der Waals surface area contributed by atoms with Crippen LogP contribution in [-0.4, -0.2) is 48.0 Å². The summed E-state index contributed by atoms with van der Waals surface area (Å²) in [5, 5.41) is 20.4. The Bertz CT molecular complexity index is 321. The quantitative estimate of drug-likeness (QED) is 0.810. The van der Waals surface area contributed by atoms with Gasteiger partial charge < -0.3 is 14.7 Å². The number of piperidine rings is 1. The maximum atomic E-state index is 10.9. The topological polar surface area (TPSA) is 56.5 Å². The van der Waals surface area contributed by atoms with Gasteiger partial charge >= 0.3 is 0 Å². The third kappa shape index (κ3) is 2.27. The van der Waals surface area contributed by atoms with Gasteiger partial charge in [-0.15, -0.1) is 0 Å². The number of nitriles is 1. The predicted molar refractivity (Wildman–Crippen MR) is 69.0 cm³/mol. The molecule has 1 N–H and O–H groups in total. The van der Waals surface area contributed by atoms with Crippen molar-refractivity contribution in [3.8, 4) is 6.07 Å². The Balaban J connectivity index is 2.09. The lowest BCUT2D eigenvalue weighted by atomic mass is 9.65. The first-order valence-corrected chi connectivity index (χ1v) is 6.98. The highest BCUT2D eigenvalue weighted by Crippen LogP contribution is 2.44. The van der Waals surface area contributed by atoms with Crippen molar-refractivity contribution < 1.29 is 9.84 Å². The fraction of sp³-hybridized carbons (Fsp3) is 0.929. The average Bonchev–Trinajstić information content (AvgIpc) is 2.40. The first kappa shape index (κ1) is 13.8. The number of aliphatic hydroxyl groups is 1. The van der Waals surface area contributed by atoms with Gasteiger partial charge in [0.25, 0.3) is 0 Å². The summed E-state index contributed by atoms with van der Waals surface area (Å²) in [6.07, 6.45) is 3.01. The molecule has 0 aromatic rings. The molecule has 0 aromatic carbocycles. The minimum Gasteiger partial charge on any atom is -0.388 e. The lowest BCUT2D eigenvalue weighted by molar-refractivity contribution is -0.145. The Morgan fingerprint density at radius 3 is 2.39 bits per heavy atom. The lowest BCUT2D eigenvalue weighted by Gasteiger charge is -2.49. The molecule has 1 atom stereocenters. The summed E-state index contributed by atoms with van der Waals surface area (Å²) in [5.41, 5.74) is -1.55. The molecule has 0 saturated carbocycles. The monoisotopic (exact) mass is 252 g/mol. The minimum atomic E-state index is -0.867. The third-order valence-corrected chi connectivity index (χ3v) is 4.70. The molecular formula is C14H24N2O2. The molecule has 2 aliphatic rings. The van der Waals surface area contributed by atoms with E-state index in [-0.39, 0.29) is 0 Å². The molecule has 18 heavy (non-hydrogen) atoms. The molecule has 1 unspecified atom stereocenters. The largest absolute Gasteiger partial charge is 0.388 e. The molecule has 0 amide bonds. The zero-order valence-corrected chi connectivity index (χ0v) is 11.5. The molecule has 2 rings (SSSR count). The van der Waals surface area contributed by atoms with E-state index in [9.17, 15) is 10.4 Å². The Morgan fingerprint density at radius 1 is 1.28 bits per heavy atom. The Labute approximate surface area is 110 Å². The Hall–Kier alpha value is -0.630. The van der Waals surface area contributed by atoms with Crippen molar-refractivity contribution in [1.82, 2.24) is 4.90 Å². The van der Waals surface area contributed by atoms with Crippen LogP contribution in [0.15, 0.2) is 0 Å². The second-order valence-corrected chi connectivity index (χ2v) is 6.01. The van der Waals surface area contributed by atoms with Crippen LogP contribution in [0.25, 0.3) is 0 Å². The van der Waals surface area contributed by atoms with Gasteiger partial charge in [0, 0.05) is 25.7 Å². The van der Waals surface area contributed by atoms with Crippen molar-refractivity contribution >= 4 is 0 Å². The van der Waals surface area contributed by atoms with E-state index in [1.54, 1.807) is 0 Å². The lowest BCUT2D eigenvalue weighted by Crippen LogP contribution is -2.58. The van der Waals surface area contributed by atoms with Crippen LogP contribution in [0.5, 0.6) is 0 Å². The van der Waals surface area contributed by atoms with Gasteiger partial charge in [0.2, 0.25) is 0 Å². The smallest absolute Gasteiger partial charge is 0.109 e. The number of hydrogen-bond acceptors (Lipinski definition) is 4. The van der Waals surface area contributed by atoms with E-state index in [1.807, 2.05) is 0 Å². The van der Waals surface area contributed by atoms with Crippen molar-refractivity contribution in [2.24, 2.45) is 5.41 Å². The van der Waals surface area contributed by atoms with Crippen LogP contribution >= 0.6 is 0 Å². The van der Waals surface area contributed by atoms with Crippen LogP contribution in [0.1, 0.15) is 39.5 Å². The SMILES string of the molecule is CC(C)N1CCC(O)(C2(C#N)CCCOC2)CC1. The first-order valence-electron chi connectivity index (χ1n) is 6.98. The van der Waals surface area contributed by atoms with Crippen LogP contribution in [-0.2, 0) is 4.74 Å². The summed E-state index contributed by atoms with van der Waals surface area (Å²) in [6.45, 7) is 7.21. The maximum Gasteiger partial charge on any atom is 0.109 e. The van der Waals surface area contributed by atoms with Crippen molar-refractivity contribution in [1.29, 1.82) is 5.26 Å². The van der Waals surface area contributed by atoms with E-state index in [1.165, 1.54) is 0 Å². The van der Waals surface area contributed by atoms with Gasteiger partial charge in [-0.25, -0.2) is 0 Å². The molecule has 2 saturated heterocycles. The van der Waals surface area contributed by atoms with Crippen molar-refractivity contribution in [2.45, 2.75) is 51.2 Å². The van der Waals surface area contributed by atoms with Gasteiger partial charge in [-0.05, 0) is 39.5 Å². The minimum absolute atomic E-state index is 0.391. The molecular weight excluding hydrogens is 228 g/mol. The van der Waals surface area contributed by atoms with Gasteiger partial charge in [0.15, 0.2) is 0 Å². The van der Waals surface area contributed by atoms with Crippen molar-refractivity contribution in [3.63, 3.8) is 0 Å². The molecule has 2 fully saturated rings. The van der Waals surface area contributed by atoms with Gasteiger partial charge in [0.05, 0.1) is 18.3 Å². The molecule has 2 heterocycles. The van der Waals surface area contributed by atoms with Crippen LogP contribution in [0.4, 0.5) is 0 Å². The van der Waals surface area contributed by atoms with Gasteiger partial charge in [0.1, 0.15) is 5.41 Å². The molecule has 0 aliphatic carbocycles. The van der Waals surface area contributed by atoms with E-state index in [0.29, 0.717) is 25.5 Å². The highest BCUT2D eigenvalue weighted by molar-refractivity contribution is 5.14. The average molecular weight is 252 g/mol. The molecule has 0 spiro atoms. The number of likely N-dealkylation sites (tertiary alicyclic amines) is 1. The van der Waals surface area contributed by atoms with Gasteiger partial charge in [-0.1, -0.05) is 0 Å². The molecule has 0 radical (unpaired) electrons. The van der Waals surface area contributed by atoms with Gasteiger partial charge in [-0.2, -0.15) is 5.26 Å². The standard InChI is InChI=1S/C14H24N2O2/c1-12(2)16-7-5-14(17,6-8-16)13(10-15)4-3-9-18-11-13/h12,17H,3-9,11H2,1-2H3. The number of ether oxygens (including phenoxy) is 1. The van der Waals surface area contributed by atoms with Crippen LogP contribution in [0.3, 0.4) is 0 Å². The van der Waals surface area contributed by atoms with Crippen LogP contribution in [0.2, 0.25) is 0 Å². The highest BCUT2D eigenvalue weighted by Gasteiger charge is 2.53. The third-order valence-electron chi connectivity index (χ3n) is 4.70. The number of rotatable bonds is 2. The second-order valence-electron chi connectivity index (χ2n) is 6.01. The van der Waals surface area contributed by atoms with Crippen LogP contribution in [0, 0.1) is 16.7 Å². The van der Waals surface area contributed by atoms with Gasteiger partial charge in [-0.3, -0.25) is 0 Å². The van der Waals surface area contributed by atoms with Crippen molar-refractivity contribution in [2.75, 3.05) is 26.3 Å². The normalized spacial score (nSPS) is 33.3. The Kier molecular flexibility index (Phi) is 3.96. The fourth-order valence-electron chi connectivity index (χ4n) is 3.24. The summed E-state index contributed by atoms with van der Waals surface area (Å²) in [7, 11) is 0. The Morgan fingerprint density at radius 2 is 1.94 bits per heavy atom. The van der Waals surface area contributed by atoms with E-state index < -0.39 is 11.0 Å². The fourth-order valence-corrected chi connectivity index (χ4v) is 3.24. The molecule has 0 aromatic heterocycles. The predicted octanol–water partition coefficient (Wildman–Crippen LogP) is 1.54. The first-order chi connectivity index (χ1) is 8.53. The summed E-state index contributed by atoms with van der Waals surface area (Å²) >= 11 is 0. The summed E-state index contributed by atoms with van der Waals surface area (Å²) in [5.74, 6) is 0. The van der Waals surface area contributed by atoms with Crippen LogP contribution < -0.4 is 0 Å². The molecule has 4 nitrogen and oxygen atoms in total. The zero-order chi connectivity index (χ0) is 13.2. The van der Waals surface area contributed by atoms with E-state index in [4.69, 9.17) is 4.74 Å². The summed E-state index contributed by atoms with van der Waals surface area (Å²) < 4.78 is 5.47. The van der Waals surface area contributed by atoms with Crippen molar-refractivity contribution in [3.05, 3.63) is 0 Å². The number of nitrogens with zero attached hydrogens (tertiary/aromatic N) is 2. The highest BCUT2D eigenvalue weighted by atomic mass is 16.5. The maximum absolute atomic E-state index is 10.9. The van der Waals surface area contributed by atoms with E-state index in [0.717, 1.165) is 32.5 Å². The van der Waals surface area contributed by atoms with E-state index >= 15 is 0 Å².